The monoisotopic (exact) mass is 263 g/mol. The van der Waals surface area contributed by atoms with Gasteiger partial charge in [0.15, 0.2) is 0 Å². The molecule has 0 unspecified atom stereocenters. The highest BCUT2D eigenvalue weighted by Crippen LogP contribution is 2.08. The third-order valence-electron chi connectivity index (χ3n) is 3.42. The SMILES string of the molecule is [CH2]CCC=CCCCCCCC=CCCCCCC. The van der Waals surface area contributed by atoms with Crippen LogP contribution in [0.15, 0.2) is 24.3 Å². The molecule has 0 amide bonds. The molecule has 0 aliphatic heterocycles. The van der Waals surface area contributed by atoms with Crippen molar-refractivity contribution in [3.63, 3.8) is 0 Å². The molecule has 0 nitrogen and oxygen atoms in total. The van der Waals surface area contributed by atoms with Gasteiger partial charge in [0.2, 0.25) is 0 Å². The summed E-state index contributed by atoms with van der Waals surface area (Å²) >= 11 is 0. The van der Waals surface area contributed by atoms with Gasteiger partial charge in [-0.05, 0) is 51.4 Å². The van der Waals surface area contributed by atoms with E-state index >= 15 is 0 Å². The van der Waals surface area contributed by atoms with Crippen LogP contribution in [0, 0.1) is 6.92 Å². The van der Waals surface area contributed by atoms with E-state index in [0.29, 0.717) is 0 Å². The summed E-state index contributed by atoms with van der Waals surface area (Å²) < 4.78 is 0. The van der Waals surface area contributed by atoms with Crippen molar-refractivity contribution in [2.75, 3.05) is 0 Å². The minimum atomic E-state index is 1.03. The van der Waals surface area contributed by atoms with Crippen molar-refractivity contribution in [2.45, 2.75) is 90.4 Å². The molecule has 19 heavy (non-hydrogen) atoms. The first-order valence-corrected chi connectivity index (χ1v) is 8.51. The van der Waals surface area contributed by atoms with Gasteiger partial charge in [-0.3, -0.25) is 0 Å². The minimum Gasteiger partial charge on any atom is -0.0885 e. The molecule has 0 fully saturated rings. The average Bonchev–Trinajstić information content (AvgIpc) is 2.43. The Kier molecular flexibility index (Phi) is 17.0. The van der Waals surface area contributed by atoms with Crippen LogP contribution in [-0.2, 0) is 0 Å². The van der Waals surface area contributed by atoms with Gasteiger partial charge in [-0.1, -0.05) is 70.3 Å². The molecule has 0 aliphatic rings. The Balaban J connectivity index is 3.07. The zero-order valence-electron chi connectivity index (χ0n) is 13.2. The zero-order chi connectivity index (χ0) is 14.0. The van der Waals surface area contributed by atoms with E-state index in [2.05, 4.69) is 38.2 Å². The third kappa shape index (κ3) is 17.5. The highest BCUT2D eigenvalue weighted by atomic mass is 13.9. The molecule has 0 heteroatoms. The fourth-order valence-corrected chi connectivity index (χ4v) is 2.16. The summed E-state index contributed by atoms with van der Waals surface area (Å²) in [5, 5.41) is 0. The molecule has 1 radical (unpaired) electrons. The van der Waals surface area contributed by atoms with E-state index in [1.807, 2.05) is 0 Å². The average molecular weight is 263 g/mol. The normalized spacial score (nSPS) is 11.9. The molecule has 0 saturated heterocycles. The van der Waals surface area contributed by atoms with Crippen molar-refractivity contribution >= 4 is 0 Å². The van der Waals surface area contributed by atoms with Crippen molar-refractivity contribution in [1.82, 2.24) is 0 Å². The maximum absolute atomic E-state index is 3.83. The van der Waals surface area contributed by atoms with E-state index in [1.54, 1.807) is 0 Å². The first-order valence-electron chi connectivity index (χ1n) is 8.51. The van der Waals surface area contributed by atoms with Crippen LogP contribution >= 0.6 is 0 Å². The van der Waals surface area contributed by atoms with Crippen molar-refractivity contribution in [3.8, 4) is 0 Å². The third-order valence-corrected chi connectivity index (χ3v) is 3.42. The van der Waals surface area contributed by atoms with E-state index in [-0.39, 0.29) is 0 Å². The summed E-state index contributed by atoms with van der Waals surface area (Å²) in [6, 6.07) is 0. The lowest BCUT2D eigenvalue weighted by molar-refractivity contribution is 0.649. The van der Waals surface area contributed by atoms with Gasteiger partial charge in [-0.2, -0.15) is 0 Å². The number of allylic oxidation sites excluding steroid dienone is 4. The van der Waals surface area contributed by atoms with Crippen molar-refractivity contribution in [1.29, 1.82) is 0 Å². The number of hydrogen-bond donors (Lipinski definition) is 0. The van der Waals surface area contributed by atoms with Crippen LogP contribution in [0.4, 0.5) is 0 Å². The Bertz CT molecular complexity index is 200. The number of hydrogen-bond acceptors (Lipinski definition) is 0. The Hall–Kier alpha value is -0.520. The predicted octanol–water partition coefficient (Wildman–Crippen LogP) is 7.02. The second kappa shape index (κ2) is 17.5. The van der Waals surface area contributed by atoms with Gasteiger partial charge < -0.3 is 0 Å². The van der Waals surface area contributed by atoms with E-state index in [4.69, 9.17) is 0 Å². The van der Waals surface area contributed by atoms with Gasteiger partial charge in [0, 0.05) is 0 Å². The molecule has 0 aliphatic carbocycles. The summed E-state index contributed by atoms with van der Waals surface area (Å²) in [6.45, 7) is 6.10. The van der Waals surface area contributed by atoms with Crippen LogP contribution < -0.4 is 0 Å². The largest absolute Gasteiger partial charge is 0.0885 e. The van der Waals surface area contributed by atoms with Crippen LogP contribution in [0.1, 0.15) is 90.4 Å². The number of rotatable bonds is 14. The van der Waals surface area contributed by atoms with Crippen molar-refractivity contribution in [3.05, 3.63) is 31.2 Å². The van der Waals surface area contributed by atoms with Crippen LogP contribution in [0.5, 0.6) is 0 Å². The second-order valence-corrected chi connectivity index (χ2v) is 5.43. The summed E-state index contributed by atoms with van der Waals surface area (Å²) in [5.41, 5.74) is 0. The zero-order valence-corrected chi connectivity index (χ0v) is 13.2. The molecule has 0 aromatic rings. The van der Waals surface area contributed by atoms with Gasteiger partial charge in [0.05, 0.1) is 0 Å². The molecule has 0 saturated carbocycles. The Morgan fingerprint density at radius 3 is 1.42 bits per heavy atom. The maximum Gasteiger partial charge on any atom is -0.0351 e. The lowest BCUT2D eigenvalue weighted by atomic mass is 10.1. The summed E-state index contributed by atoms with van der Waals surface area (Å²) in [7, 11) is 0. The first-order chi connectivity index (χ1) is 9.41. The predicted molar refractivity (Wildman–Crippen MR) is 89.3 cm³/mol. The van der Waals surface area contributed by atoms with Gasteiger partial charge in [0.1, 0.15) is 0 Å². The Morgan fingerprint density at radius 1 is 0.579 bits per heavy atom. The van der Waals surface area contributed by atoms with Crippen molar-refractivity contribution < 1.29 is 0 Å². The molecule has 0 bridgehead atoms. The smallest absolute Gasteiger partial charge is 0.0351 e. The number of unbranched alkanes of at least 4 members (excludes halogenated alkanes) is 10. The molecule has 0 aromatic heterocycles. The van der Waals surface area contributed by atoms with Crippen LogP contribution in [0.2, 0.25) is 0 Å². The molecule has 0 spiro atoms. The van der Waals surface area contributed by atoms with E-state index in [1.165, 1.54) is 70.6 Å². The molecule has 0 rings (SSSR count). The van der Waals surface area contributed by atoms with E-state index in [9.17, 15) is 0 Å². The van der Waals surface area contributed by atoms with Gasteiger partial charge in [0.25, 0.3) is 0 Å². The summed E-state index contributed by atoms with van der Waals surface area (Å²) in [5.74, 6) is 0. The summed E-state index contributed by atoms with van der Waals surface area (Å²) in [4.78, 5) is 0. The van der Waals surface area contributed by atoms with Gasteiger partial charge in [-0.15, -0.1) is 0 Å². The molecule has 0 N–H and O–H groups in total. The summed E-state index contributed by atoms with van der Waals surface area (Å²) in [6.07, 6.45) is 26.4. The van der Waals surface area contributed by atoms with Gasteiger partial charge in [-0.25, -0.2) is 0 Å². The fourth-order valence-electron chi connectivity index (χ4n) is 2.16. The lowest BCUT2D eigenvalue weighted by Crippen LogP contribution is -1.77. The van der Waals surface area contributed by atoms with Crippen LogP contribution in [0.3, 0.4) is 0 Å². The van der Waals surface area contributed by atoms with Gasteiger partial charge >= 0.3 is 0 Å². The quantitative estimate of drug-likeness (QED) is 0.233. The fraction of sp³-hybridized carbons (Fsp3) is 0.737. The standard InChI is InChI=1S/C19H35/c1-3-5-7-9-11-13-15-17-19-18-16-14-12-10-8-6-4-2/h7,9,14,16H,1,3-6,8,10-13,15,17-19H2,2H3. The highest BCUT2D eigenvalue weighted by Gasteiger charge is 1.88. The Morgan fingerprint density at radius 2 is 1.00 bits per heavy atom. The molecular weight excluding hydrogens is 228 g/mol. The highest BCUT2D eigenvalue weighted by molar-refractivity contribution is 4.82. The molecule has 111 valence electrons. The molecule has 0 atom stereocenters. The molecular formula is C19H35. The van der Waals surface area contributed by atoms with Crippen LogP contribution in [0.25, 0.3) is 0 Å². The Labute approximate surface area is 122 Å². The maximum atomic E-state index is 3.83. The second-order valence-electron chi connectivity index (χ2n) is 5.43. The topological polar surface area (TPSA) is 0 Å². The van der Waals surface area contributed by atoms with E-state index < -0.39 is 0 Å². The lowest BCUT2D eigenvalue weighted by Gasteiger charge is -1.97. The minimum absolute atomic E-state index is 1.03. The molecule has 0 heterocycles. The van der Waals surface area contributed by atoms with Crippen molar-refractivity contribution in [2.24, 2.45) is 0 Å². The van der Waals surface area contributed by atoms with E-state index in [0.717, 1.165) is 12.8 Å². The first kappa shape index (κ1) is 18.5. The van der Waals surface area contributed by atoms with Crippen LogP contribution in [-0.4, -0.2) is 0 Å². The molecule has 0 aromatic carbocycles.